The van der Waals surface area contributed by atoms with Crippen molar-refractivity contribution >= 4 is 5.69 Å². The second-order valence-corrected chi connectivity index (χ2v) is 4.56. The maximum atomic E-state index is 13.5. The second-order valence-electron chi connectivity index (χ2n) is 4.56. The van der Waals surface area contributed by atoms with Crippen LogP contribution in [-0.4, -0.2) is 13.2 Å². The van der Waals surface area contributed by atoms with Crippen LogP contribution in [0.25, 0.3) is 0 Å². The molecule has 5 heteroatoms. The molecule has 19 heavy (non-hydrogen) atoms. The predicted octanol–water partition coefficient (Wildman–Crippen LogP) is 4.20. The summed E-state index contributed by atoms with van der Waals surface area (Å²) in [7, 11) is 0. The predicted molar refractivity (Wildman–Crippen MR) is 68.0 cm³/mol. The highest BCUT2D eigenvalue weighted by molar-refractivity contribution is 5.47. The normalized spacial score (nSPS) is 18.6. The van der Waals surface area contributed by atoms with Crippen LogP contribution in [0.5, 0.6) is 5.75 Å². The van der Waals surface area contributed by atoms with Crippen LogP contribution in [0.3, 0.4) is 0 Å². The molecule has 0 bridgehead atoms. The van der Waals surface area contributed by atoms with Gasteiger partial charge in [0.05, 0.1) is 0 Å². The largest absolute Gasteiger partial charge is 0.432 e. The van der Waals surface area contributed by atoms with Gasteiger partial charge in [0.1, 0.15) is 0 Å². The van der Waals surface area contributed by atoms with Crippen molar-refractivity contribution in [3.8, 4) is 5.75 Å². The number of anilines is 1. The molecular weight excluding hydrogens is 255 g/mol. The van der Waals surface area contributed by atoms with Gasteiger partial charge in [-0.15, -0.1) is 0 Å². The van der Waals surface area contributed by atoms with Crippen LogP contribution in [0.1, 0.15) is 19.3 Å². The zero-order chi connectivity index (χ0) is 13.7. The summed E-state index contributed by atoms with van der Waals surface area (Å²) >= 11 is 0. The van der Waals surface area contributed by atoms with Crippen LogP contribution in [0, 0.1) is 11.7 Å². The number of hydrogen-bond acceptors (Lipinski definition) is 2. The average Bonchev–Trinajstić information content (AvgIpc) is 2.40. The number of halogens is 3. The van der Waals surface area contributed by atoms with Crippen molar-refractivity contribution in [3.05, 3.63) is 36.2 Å². The molecule has 0 saturated carbocycles. The maximum absolute atomic E-state index is 13.5. The first-order valence-electron chi connectivity index (χ1n) is 6.28. The van der Waals surface area contributed by atoms with Gasteiger partial charge in [0.15, 0.2) is 11.6 Å². The SMILES string of the molecule is Fc1cc(NCC2CC=CCC2)ccc1OC(F)F. The van der Waals surface area contributed by atoms with E-state index in [2.05, 4.69) is 22.2 Å². The van der Waals surface area contributed by atoms with Crippen LogP contribution in [0.2, 0.25) is 0 Å². The fourth-order valence-electron chi connectivity index (χ4n) is 2.11. The molecule has 1 unspecified atom stereocenters. The van der Waals surface area contributed by atoms with Crippen LogP contribution in [0.4, 0.5) is 18.9 Å². The third kappa shape index (κ3) is 4.19. The Kier molecular flexibility index (Phi) is 4.71. The molecule has 104 valence electrons. The minimum atomic E-state index is -3.01. The zero-order valence-electron chi connectivity index (χ0n) is 10.4. The zero-order valence-corrected chi connectivity index (χ0v) is 10.4. The number of allylic oxidation sites excluding steroid dienone is 2. The highest BCUT2D eigenvalue weighted by Crippen LogP contribution is 2.24. The average molecular weight is 271 g/mol. The minimum absolute atomic E-state index is 0.429. The molecule has 1 aromatic carbocycles. The molecule has 1 aliphatic rings. The highest BCUT2D eigenvalue weighted by atomic mass is 19.3. The van der Waals surface area contributed by atoms with E-state index in [1.165, 1.54) is 12.1 Å². The number of benzene rings is 1. The van der Waals surface area contributed by atoms with E-state index in [4.69, 9.17) is 0 Å². The van der Waals surface area contributed by atoms with E-state index in [0.29, 0.717) is 11.6 Å². The summed E-state index contributed by atoms with van der Waals surface area (Å²) in [6.07, 6.45) is 7.51. The van der Waals surface area contributed by atoms with E-state index in [9.17, 15) is 13.2 Å². The molecule has 2 nitrogen and oxygen atoms in total. The van der Waals surface area contributed by atoms with Crippen LogP contribution < -0.4 is 10.1 Å². The summed E-state index contributed by atoms with van der Waals surface area (Å²) in [6.45, 7) is -2.26. The number of alkyl halides is 2. The first kappa shape index (κ1) is 13.8. The van der Waals surface area contributed by atoms with Crippen molar-refractivity contribution < 1.29 is 17.9 Å². The molecule has 0 aromatic heterocycles. The summed E-state index contributed by atoms with van der Waals surface area (Å²) in [4.78, 5) is 0. The molecular formula is C14H16F3NO. The van der Waals surface area contributed by atoms with Gasteiger partial charge in [-0.1, -0.05) is 12.2 Å². The Morgan fingerprint density at radius 2 is 2.16 bits per heavy atom. The summed E-state index contributed by atoms with van der Waals surface area (Å²) in [5, 5.41) is 3.12. The Labute approximate surface area is 110 Å². The molecule has 0 amide bonds. The summed E-state index contributed by atoms with van der Waals surface area (Å²) in [5.74, 6) is -0.681. The van der Waals surface area contributed by atoms with Crippen molar-refractivity contribution in [1.82, 2.24) is 0 Å². The Balaban J connectivity index is 1.90. The number of hydrogen-bond donors (Lipinski definition) is 1. The Morgan fingerprint density at radius 3 is 2.79 bits per heavy atom. The molecule has 0 fully saturated rings. The molecule has 0 aliphatic heterocycles. The summed E-state index contributed by atoms with van der Waals surface area (Å²) in [6, 6.07) is 3.93. The first-order valence-corrected chi connectivity index (χ1v) is 6.28. The van der Waals surface area contributed by atoms with E-state index in [-0.39, 0.29) is 0 Å². The molecule has 2 rings (SSSR count). The lowest BCUT2D eigenvalue weighted by Gasteiger charge is -2.19. The van der Waals surface area contributed by atoms with Crippen molar-refractivity contribution in [2.45, 2.75) is 25.9 Å². The van der Waals surface area contributed by atoms with Crippen molar-refractivity contribution in [1.29, 1.82) is 0 Å². The van der Waals surface area contributed by atoms with Crippen LogP contribution >= 0.6 is 0 Å². The Bertz CT molecular complexity index is 448. The van der Waals surface area contributed by atoms with Gasteiger partial charge in [-0.05, 0) is 37.3 Å². The van der Waals surface area contributed by atoms with E-state index in [1.54, 1.807) is 6.07 Å². The topological polar surface area (TPSA) is 21.3 Å². The lowest BCUT2D eigenvalue weighted by Crippen LogP contribution is -2.15. The Morgan fingerprint density at radius 1 is 1.32 bits per heavy atom. The van der Waals surface area contributed by atoms with Crippen LogP contribution in [0.15, 0.2) is 30.4 Å². The summed E-state index contributed by atoms with van der Waals surface area (Å²) < 4.78 is 41.5. The van der Waals surface area contributed by atoms with Gasteiger partial charge in [0.2, 0.25) is 0 Å². The van der Waals surface area contributed by atoms with Gasteiger partial charge >= 0.3 is 6.61 Å². The van der Waals surface area contributed by atoms with Crippen LogP contribution in [-0.2, 0) is 0 Å². The van der Waals surface area contributed by atoms with E-state index < -0.39 is 18.2 Å². The Hall–Kier alpha value is -1.65. The maximum Gasteiger partial charge on any atom is 0.387 e. The number of ether oxygens (including phenoxy) is 1. The smallest absolute Gasteiger partial charge is 0.387 e. The van der Waals surface area contributed by atoms with E-state index in [1.807, 2.05) is 0 Å². The third-order valence-electron chi connectivity index (χ3n) is 3.12. The molecule has 1 atom stereocenters. The van der Waals surface area contributed by atoms with Gasteiger partial charge in [-0.2, -0.15) is 8.78 Å². The third-order valence-corrected chi connectivity index (χ3v) is 3.12. The standard InChI is InChI=1S/C14H16F3NO/c15-12-8-11(6-7-13(12)19-14(16)17)18-9-10-4-2-1-3-5-10/h1-2,6-8,10,14,18H,3-5,9H2. The quantitative estimate of drug-likeness (QED) is 0.810. The monoisotopic (exact) mass is 271 g/mol. The molecule has 1 N–H and O–H groups in total. The second kappa shape index (κ2) is 6.50. The number of rotatable bonds is 5. The number of nitrogens with one attached hydrogen (secondary N) is 1. The minimum Gasteiger partial charge on any atom is -0.432 e. The van der Waals surface area contributed by atoms with Gasteiger partial charge in [-0.25, -0.2) is 4.39 Å². The molecule has 0 spiro atoms. The molecule has 0 saturated heterocycles. The van der Waals surface area contributed by atoms with Crippen molar-refractivity contribution in [2.75, 3.05) is 11.9 Å². The summed E-state index contributed by atoms with van der Waals surface area (Å²) in [5.41, 5.74) is 0.577. The molecule has 0 radical (unpaired) electrons. The fourth-order valence-corrected chi connectivity index (χ4v) is 2.11. The lowest BCUT2D eigenvalue weighted by atomic mass is 9.94. The van der Waals surface area contributed by atoms with Crippen molar-refractivity contribution in [3.63, 3.8) is 0 Å². The van der Waals surface area contributed by atoms with Gasteiger partial charge in [0.25, 0.3) is 0 Å². The molecule has 0 heterocycles. The van der Waals surface area contributed by atoms with Gasteiger partial charge in [-0.3, -0.25) is 0 Å². The fraction of sp³-hybridized carbons (Fsp3) is 0.429. The van der Waals surface area contributed by atoms with Gasteiger partial charge < -0.3 is 10.1 Å². The van der Waals surface area contributed by atoms with Gasteiger partial charge in [0, 0.05) is 18.3 Å². The molecule has 1 aliphatic carbocycles. The van der Waals surface area contributed by atoms with E-state index in [0.717, 1.165) is 25.8 Å². The van der Waals surface area contributed by atoms with Crippen molar-refractivity contribution in [2.24, 2.45) is 5.92 Å². The molecule has 1 aromatic rings. The van der Waals surface area contributed by atoms with E-state index >= 15 is 0 Å². The highest BCUT2D eigenvalue weighted by Gasteiger charge is 2.12. The lowest BCUT2D eigenvalue weighted by molar-refractivity contribution is -0.0521. The first-order chi connectivity index (χ1) is 9.15.